The Bertz CT molecular complexity index is 570. The van der Waals surface area contributed by atoms with Crippen molar-refractivity contribution in [1.82, 2.24) is 4.72 Å². The van der Waals surface area contributed by atoms with Gasteiger partial charge in [-0.2, -0.15) is 0 Å². The molecule has 5 nitrogen and oxygen atoms in total. The van der Waals surface area contributed by atoms with Crippen LogP contribution in [0, 0.1) is 0 Å². The quantitative estimate of drug-likeness (QED) is 0.833. The van der Waals surface area contributed by atoms with Crippen molar-refractivity contribution in [3.05, 3.63) is 29.8 Å². The minimum atomic E-state index is -3.55. The fourth-order valence-electron chi connectivity index (χ4n) is 2.45. The van der Waals surface area contributed by atoms with Crippen LogP contribution in [-0.4, -0.2) is 38.4 Å². The molecule has 21 heavy (non-hydrogen) atoms. The second kappa shape index (κ2) is 6.44. The monoisotopic (exact) mass is 313 g/mol. The number of ether oxygens (including phenoxy) is 1. The summed E-state index contributed by atoms with van der Waals surface area (Å²) < 4.78 is 33.1. The summed E-state index contributed by atoms with van der Waals surface area (Å²) in [5, 5.41) is 8.81. The molecule has 1 heterocycles. The van der Waals surface area contributed by atoms with Gasteiger partial charge >= 0.3 is 0 Å². The second-order valence-electron chi connectivity index (χ2n) is 5.76. The molecule has 2 N–H and O–H groups in total. The van der Waals surface area contributed by atoms with Gasteiger partial charge in [-0.3, -0.25) is 0 Å². The van der Waals surface area contributed by atoms with Gasteiger partial charge in [0.2, 0.25) is 10.0 Å². The highest BCUT2D eigenvalue weighted by Gasteiger charge is 2.40. The molecule has 118 valence electrons. The third kappa shape index (κ3) is 3.83. The zero-order chi connectivity index (χ0) is 15.5. The number of hydrogen-bond acceptors (Lipinski definition) is 4. The molecule has 1 aliphatic rings. The van der Waals surface area contributed by atoms with Gasteiger partial charge in [-0.15, -0.1) is 0 Å². The van der Waals surface area contributed by atoms with Crippen molar-refractivity contribution in [2.75, 3.05) is 13.2 Å². The molecule has 1 fully saturated rings. The van der Waals surface area contributed by atoms with E-state index in [2.05, 4.69) is 4.72 Å². The average Bonchev–Trinajstić information content (AvgIpc) is 2.75. The van der Waals surface area contributed by atoms with Crippen LogP contribution in [0.15, 0.2) is 29.2 Å². The van der Waals surface area contributed by atoms with Crippen LogP contribution in [-0.2, 0) is 21.2 Å². The van der Waals surface area contributed by atoms with E-state index in [1.54, 1.807) is 24.3 Å². The molecule has 0 bridgehead atoms. The molecule has 0 amide bonds. The fraction of sp³-hybridized carbons (Fsp3) is 0.600. The topological polar surface area (TPSA) is 75.6 Å². The Kier molecular flexibility index (Phi) is 5.03. The molecule has 1 aromatic rings. The van der Waals surface area contributed by atoms with E-state index in [1.807, 2.05) is 13.8 Å². The van der Waals surface area contributed by atoms with Gasteiger partial charge in [0.25, 0.3) is 0 Å². The molecule has 0 aromatic heterocycles. The number of rotatable bonds is 6. The summed E-state index contributed by atoms with van der Waals surface area (Å²) in [6.45, 7) is 4.46. The average molecular weight is 313 g/mol. The summed E-state index contributed by atoms with van der Waals surface area (Å²) in [5.74, 6) is 0. The molecule has 2 atom stereocenters. The van der Waals surface area contributed by atoms with Crippen molar-refractivity contribution in [2.45, 2.75) is 49.6 Å². The Hall–Kier alpha value is -0.950. The van der Waals surface area contributed by atoms with Gasteiger partial charge in [0, 0.05) is 13.2 Å². The maximum Gasteiger partial charge on any atom is 0.241 e. The normalized spacial score (nSPS) is 26.1. The number of hydrogen-bond donors (Lipinski definition) is 2. The number of aliphatic hydroxyl groups is 1. The first-order valence-corrected chi connectivity index (χ1v) is 8.71. The van der Waals surface area contributed by atoms with Crippen LogP contribution < -0.4 is 4.72 Å². The third-order valence-electron chi connectivity index (χ3n) is 4.11. The highest BCUT2D eigenvalue weighted by molar-refractivity contribution is 7.89. The first-order chi connectivity index (χ1) is 9.87. The summed E-state index contributed by atoms with van der Waals surface area (Å²) in [4.78, 5) is 0.260. The van der Waals surface area contributed by atoms with Crippen molar-refractivity contribution >= 4 is 10.0 Å². The van der Waals surface area contributed by atoms with Crippen LogP contribution in [0.2, 0.25) is 0 Å². The van der Waals surface area contributed by atoms with Crippen molar-refractivity contribution in [3.8, 4) is 0 Å². The standard InChI is InChI=1S/C15H23NO4S/c1-12-15(2,9-11-20-12)16-21(18,19)14-7-5-13(6-8-14)4-3-10-17/h5-8,12,16-17H,3-4,9-11H2,1-2H3. The molecule has 1 aromatic carbocycles. The zero-order valence-electron chi connectivity index (χ0n) is 12.5. The number of sulfonamides is 1. The van der Waals surface area contributed by atoms with E-state index in [4.69, 9.17) is 9.84 Å². The molecule has 1 saturated heterocycles. The van der Waals surface area contributed by atoms with Gasteiger partial charge < -0.3 is 9.84 Å². The van der Waals surface area contributed by atoms with Gasteiger partial charge in [-0.25, -0.2) is 13.1 Å². The largest absolute Gasteiger partial charge is 0.396 e. The minimum absolute atomic E-state index is 0.137. The SMILES string of the molecule is CC1OCCC1(C)NS(=O)(=O)c1ccc(CCCO)cc1. The number of benzene rings is 1. The fourth-order valence-corrected chi connectivity index (χ4v) is 3.95. The molecule has 1 aliphatic heterocycles. The summed E-state index contributed by atoms with van der Waals surface area (Å²) in [5.41, 5.74) is 0.459. The predicted molar refractivity (Wildman–Crippen MR) is 80.6 cm³/mol. The summed E-state index contributed by atoms with van der Waals surface area (Å²) in [6, 6.07) is 6.81. The molecule has 2 rings (SSSR count). The van der Waals surface area contributed by atoms with E-state index in [1.165, 1.54) is 0 Å². The second-order valence-corrected chi connectivity index (χ2v) is 7.44. The van der Waals surface area contributed by atoms with Crippen LogP contribution in [0.3, 0.4) is 0 Å². The van der Waals surface area contributed by atoms with E-state index in [0.29, 0.717) is 19.4 Å². The highest BCUT2D eigenvalue weighted by atomic mass is 32.2. The molecule has 2 unspecified atom stereocenters. The Balaban J connectivity index is 2.12. The highest BCUT2D eigenvalue weighted by Crippen LogP contribution is 2.27. The Morgan fingerprint density at radius 1 is 1.38 bits per heavy atom. The first-order valence-electron chi connectivity index (χ1n) is 7.23. The maximum atomic E-state index is 12.5. The van der Waals surface area contributed by atoms with Crippen molar-refractivity contribution in [3.63, 3.8) is 0 Å². The third-order valence-corrected chi connectivity index (χ3v) is 5.74. The lowest BCUT2D eigenvalue weighted by atomic mass is 9.97. The van der Waals surface area contributed by atoms with Crippen molar-refractivity contribution in [1.29, 1.82) is 0 Å². The predicted octanol–water partition coefficient (Wildman–Crippen LogP) is 1.46. The molecule has 6 heteroatoms. The number of nitrogens with one attached hydrogen (secondary N) is 1. The lowest BCUT2D eigenvalue weighted by Gasteiger charge is -2.28. The van der Waals surface area contributed by atoms with Crippen LogP contribution >= 0.6 is 0 Å². The molecular formula is C15H23NO4S. The summed E-state index contributed by atoms with van der Waals surface area (Å²) in [7, 11) is -3.55. The molecular weight excluding hydrogens is 290 g/mol. The maximum absolute atomic E-state index is 12.5. The lowest BCUT2D eigenvalue weighted by molar-refractivity contribution is 0.0957. The number of aliphatic hydroxyl groups excluding tert-OH is 1. The van der Waals surface area contributed by atoms with Crippen molar-refractivity contribution < 1.29 is 18.3 Å². The van der Waals surface area contributed by atoms with Gasteiger partial charge in [0.1, 0.15) is 0 Å². The van der Waals surface area contributed by atoms with E-state index in [-0.39, 0.29) is 17.6 Å². The van der Waals surface area contributed by atoms with E-state index >= 15 is 0 Å². The van der Waals surface area contributed by atoms with Crippen LogP contribution in [0.5, 0.6) is 0 Å². The molecule has 0 saturated carbocycles. The zero-order valence-corrected chi connectivity index (χ0v) is 13.3. The van der Waals surface area contributed by atoms with Crippen LogP contribution in [0.4, 0.5) is 0 Å². The first kappa shape index (κ1) is 16.4. The summed E-state index contributed by atoms with van der Waals surface area (Å²) >= 11 is 0. The van der Waals surface area contributed by atoms with E-state index < -0.39 is 15.6 Å². The Morgan fingerprint density at radius 3 is 2.57 bits per heavy atom. The molecule has 0 aliphatic carbocycles. The Morgan fingerprint density at radius 2 is 2.05 bits per heavy atom. The van der Waals surface area contributed by atoms with Crippen LogP contribution in [0.25, 0.3) is 0 Å². The molecule has 0 radical (unpaired) electrons. The van der Waals surface area contributed by atoms with E-state index in [0.717, 1.165) is 12.0 Å². The number of aryl methyl sites for hydroxylation is 1. The van der Waals surface area contributed by atoms with Gasteiger partial charge in [-0.1, -0.05) is 12.1 Å². The van der Waals surface area contributed by atoms with Gasteiger partial charge in [0.05, 0.1) is 16.5 Å². The van der Waals surface area contributed by atoms with E-state index in [9.17, 15) is 8.42 Å². The minimum Gasteiger partial charge on any atom is -0.396 e. The van der Waals surface area contributed by atoms with Crippen molar-refractivity contribution in [2.24, 2.45) is 0 Å². The van der Waals surface area contributed by atoms with Gasteiger partial charge in [0.15, 0.2) is 0 Å². The Labute approximate surface area is 126 Å². The van der Waals surface area contributed by atoms with Gasteiger partial charge in [-0.05, 0) is 50.8 Å². The molecule has 0 spiro atoms. The summed E-state index contributed by atoms with van der Waals surface area (Å²) in [6.07, 6.45) is 1.95. The van der Waals surface area contributed by atoms with Crippen LogP contribution in [0.1, 0.15) is 32.3 Å². The lowest BCUT2D eigenvalue weighted by Crippen LogP contribution is -2.50. The smallest absolute Gasteiger partial charge is 0.241 e.